The summed E-state index contributed by atoms with van der Waals surface area (Å²) in [5, 5.41) is 3.95. The lowest BCUT2D eigenvalue weighted by Crippen LogP contribution is -2.34. The lowest BCUT2D eigenvalue weighted by molar-refractivity contribution is -0.138. The average Bonchev–Trinajstić information content (AvgIpc) is 3.18. The van der Waals surface area contributed by atoms with E-state index in [1.165, 1.54) is 23.5 Å². The largest absolute Gasteiger partial charge is 0.416 e. The molecule has 33 heavy (non-hydrogen) atoms. The first-order chi connectivity index (χ1) is 15.9. The Kier molecular flexibility index (Phi) is 5.76. The number of alkyl halides is 3. The number of aryl methyl sites for hydroxylation is 1. The van der Waals surface area contributed by atoms with E-state index in [0.29, 0.717) is 29.6 Å². The molecule has 9 heteroatoms. The molecular formula is C24H21F3N4OS. The van der Waals surface area contributed by atoms with Crippen LogP contribution >= 0.6 is 11.3 Å². The van der Waals surface area contributed by atoms with Crippen LogP contribution in [-0.4, -0.2) is 20.6 Å². The van der Waals surface area contributed by atoms with Crippen molar-refractivity contribution in [1.29, 1.82) is 0 Å². The van der Waals surface area contributed by atoms with Gasteiger partial charge in [-0.15, -0.1) is 11.3 Å². The van der Waals surface area contributed by atoms with E-state index in [9.17, 15) is 18.0 Å². The molecule has 0 aliphatic heterocycles. The molecule has 5 rings (SSSR count). The number of fused-ring (bicyclic) bond motifs is 3. The molecule has 0 amide bonds. The first kappa shape index (κ1) is 21.8. The van der Waals surface area contributed by atoms with Gasteiger partial charge in [0.05, 0.1) is 29.5 Å². The molecule has 4 aromatic rings. The summed E-state index contributed by atoms with van der Waals surface area (Å²) >= 11 is 1.50. The van der Waals surface area contributed by atoms with Gasteiger partial charge < -0.3 is 5.32 Å². The van der Waals surface area contributed by atoms with Crippen LogP contribution in [-0.2, 0) is 32.1 Å². The molecule has 1 aliphatic carbocycles. The number of hydrogen-bond acceptors (Lipinski definition) is 5. The Morgan fingerprint density at radius 2 is 1.94 bits per heavy atom. The van der Waals surface area contributed by atoms with Gasteiger partial charge in [0.15, 0.2) is 0 Å². The van der Waals surface area contributed by atoms with Crippen molar-refractivity contribution in [3.8, 4) is 0 Å². The molecule has 0 saturated heterocycles. The number of thiophene rings is 1. The minimum Gasteiger partial charge on any atom is -0.310 e. The first-order valence-electron chi connectivity index (χ1n) is 10.7. The lowest BCUT2D eigenvalue weighted by Gasteiger charge is -2.24. The second kappa shape index (κ2) is 8.72. The Morgan fingerprint density at radius 3 is 2.73 bits per heavy atom. The van der Waals surface area contributed by atoms with Crippen LogP contribution in [0.4, 0.5) is 13.2 Å². The quantitative estimate of drug-likeness (QED) is 0.464. The predicted octanol–water partition coefficient (Wildman–Crippen LogP) is 4.57. The van der Waals surface area contributed by atoms with Crippen molar-refractivity contribution in [3.05, 3.63) is 92.6 Å². The molecule has 0 bridgehead atoms. The van der Waals surface area contributed by atoms with Crippen LogP contribution in [0, 0.1) is 0 Å². The molecule has 0 unspecified atom stereocenters. The summed E-state index contributed by atoms with van der Waals surface area (Å²) in [5.41, 5.74) is 1.37. The van der Waals surface area contributed by atoms with Crippen LogP contribution in [0.3, 0.4) is 0 Å². The Hall–Kier alpha value is -3.04. The standard InChI is InChI=1S/C24H21F3N4OS/c25-24(26,27)19-7-2-1-5-15(19)12-29-16-8-9-18-20(11-16)33-22-21(18)23(32)31(14-30-22)13-17-6-3-4-10-28-17/h1-7,10,14,16,29H,8-9,11-13H2/t16-/m0/s1. The zero-order valence-corrected chi connectivity index (χ0v) is 18.4. The van der Waals surface area contributed by atoms with Crippen molar-refractivity contribution in [1.82, 2.24) is 19.9 Å². The third kappa shape index (κ3) is 4.43. The maximum absolute atomic E-state index is 13.3. The maximum Gasteiger partial charge on any atom is 0.416 e. The molecule has 5 nitrogen and oxygen atoms in total. The Morgan fingerprint density at radius 1 is 1.12 bits per heavy atom. The van der Waals surface area contributed by atoms with E-state index in [2.05, 4.69) is 15.3 Å². The fourth-order valence-corrected chi connectivity index (χ4v) is 5.62. The minimum absolute atomic E-state index is 0.0441. The second-order valence-electron chi connectivity index (χ2n) is 8.16. The minimum atomic E-state index is -4.37. The van der Waals surface area contributed by atoms with Crippen molar-refractivity contribution in [2.75, 3.05) is 0 Å². The highest BCUT2D eigenvalue weighted by Crippen LogP contribution is 2.35. The number of rotatable bonds is 5. The number of nitrogens with one attached hydrogen (secondary N) is 1. The lowest BCUT2D eigenvalue weighted by atomic mass is 9.92. The fourth-order valence-electron chi connectivity index (χ4n) is 4.36. The Balaban J connectivity index is 1.35. The molecule has 1 aliphatic rings. The monoisotopic (exact) mass is 470 g/mol. The van der Waals surface area contributed by atoms with Crippen LogP contribution in [0.5, 0.6) is 0 Å². The van der Waals surface area contributed by atoms with Gasteiger partial charge in [-0.2, -0.15) is 13.2 Å². The molecule has 1 aromatic carbocycles. The van der Waals surface area contributed by atoms with Crippen LogP contribution in [0.2, 0.25) is 0 Å². The molecule has 3 heterocycles. The van der Waals surface area contributed by atoms with Gasteiger partial charge in [0.1, 0.15) is 4.83 Å². The molecule has 3 aromatic heterocycles. The number of nitrogens with zero attached hydrogens (tertiary/aromatic N) is 3. The number of benzene rings is 1. The van der Waals surface area contributed by atoms with Gasteiger partial charge in [-0.1, -0.05) is 24.3 Å². The van der Waals surface area contributed by atoms with Gasteiger partial charge in [-0.25, -0.2) is 4.98 Å². The maximum atomic E-state index is 13.3. The summed E-state index contributed by atoms with van der Waals surface area (Å²) in [4.78, 5) is 23.8. The van der Waals surface area contributed by atoms with E-state index in [-0.39, 0.29) is 23.7 Å². The van der Waals surface area contributed by atoms with E-state index >= 15 is 0 Å². The molecule has 0 spiro atoms. The SMILES string of the molecule is O=c1c2c3c(sc2ncn1Cc1ccccn1)C[C@@H](NCc1ccccc1C(F)(F)F)CC3. The van der Waals surface area contributed by atoms with Crippen LogP contribution in [0.1, 0.15) is 33.7 Å². The highest BCUT2D eigenvalue weighted by atomic mass is 32.1. The van der Waals surface area contributed by atoms with Crippen LogP contribution in [0.25, 0.3) is 10.2 Å². The van der Waals surface area contributed by atoms with E-state index in [1.807, 2.05) is 18.2 Å². The predicted molar refractivity (Wildman–Crippen MR) is 121 cm³/mol. The van der Waals surface area contributed by atoms with Crippen molar-refractivity contribution < 1.29 is 13.2 Å². The molecule has 1 N–H and O–H groups in total. The number of hydrogen-bond donors (Lipinski definition) is 1. The van der Waals surface area contributed by atoms with Crippen LogP contribution < -0.4 is 10.9 Å². The van der Waals surface area contributed by atoms with Gasteiger partial charge in [0.2, 0.25) is 0 Å². The van der Waals surface area contributed by atoms with E-state index < -0.39 is 11.7 Å². The first-order valence-corrected chi connectivity index (χ1v) is 11.5. The molecular weight excluding hydrogens is 449 g/mol. The third-order valence-corrected chi connectivity index (χ3v) is 7.16. The Bertz CT molecular complexity index is 1350. The Labute approximate surface area is 191 Å². The molecule has 0 fully saturated rings. The van der Waals surface area contributed by atoms with Gasteiger partial charge in [-0.3, -0.25) is 14.3 Å². The van der Waals surface area contributed by atoms with Gasteiger partial charge >= 0.3 is 6.18 Å². The van der Waals surface area contributed by atoms with E-state index in [0.717, 1.165) is 28.6 Å². The number of halogens is 3. The van der Waals surface area contributed by atoms with Crippen molar-refractivity contribution in [2.45, 2.75) is 44.6 Å². The summed E-state index contributed by atoms with van der Waals surface area (Å²) in [6.45, 7) is 0.506. The van der Waals surface area contributed by atoms with Crippen LogP contribution in [0.15, 0.2) is 59.8 Å². The fraction of sp³-hybridized carbons (Fsp3) is 0.292. The zero-order valence-electron chi connectivity index (χ0n) is 17.6. The van der Waals surface area contributed by atoms with Crippen molar-refractivity contribution in [2.24, 2.45) is 0 Å². The topological polar surface area (TPSA) is 59.8 Å². The molecule has 0 radical (unpaired) electrons. The number of aromatic nitrogens is 3. The smallest absolute Gasteiger partial charge is 0.310 e. The summed E-state index contributed by atoms with van der Waals surface area (Å²) in [7, 11) is 0. The molecule has 0 saturated carbocycles. The number of pyridine rings is 1. The van der Waals surface area contributed by atoms with Gasteiger partial charge in [0.25, 0.3) is 5.56 Å². The highest BCUT2D eigenvalue weighted by molar-refractivity contribution is 7.18. The van der Waals surface area contributed by atoms with E-state index in [4.69, 9.17) is 0 Å². The average molecular weight is 471 g/mol. The van der Waals surface area contributed by atoms with Gasteiger partial charge in [-0.05, 0) is 48.6 Å². The third-order valence-electron chi connectivity index (χ3n) is 6.00. The normalized spacial score (nSPS) is 16.2. The molecule has 170 valence electrons. The summed E-state index contributed by atoms with van der Waals surface area (Å²) < 4.78 is 41.4. The highest BCUT2D eigenvalue weighted by Gasteiger charge is 2.33. The molecule has 1 atom stereocenters. The zero-order chi connectivity index (χ0) is 23.0. The van der Waals surface area contributed by atoms with E-state index in [1.54, 1.807) is 23.2 Å². The summed E-state index contributed by atoms with van der Waals surface area (Å²) in [6, 6.07) is 11.3. The summed E-state index contributed by atoms with van der Waals surface area (Å²) in [5.74, 6) is 0. The van der Waals surface area contributed by atoms with Gasteiger partial charge in [0, 0.05) is 23.7 Å². The second-order valence-corrected chi connectivity index (χ2v) is 9.24. The van der Waals surface area contributed by atoms with Crippen molar-refractivity contribution >= 4 is 21.6 Å². The van der Waals surface area contributed by atoms with Crippen molar-refractivity contribution in [3.63, 3.8) is 0 Å². The summed E-state index contributed by atoms with van der Waals surface area (Å²) in [6.07, 6.45) is 0.999.